The van der Waals surface area contributed by atoms with E-state index in [0.29, 0.717) is 25.6 Å². The maximum atomic E-state index is 5.50. The summed E-state index contributed by atoms with van der Waals surface area (Å²) in [5.74, 6) is 0.703. The predicted molar refractivity (Wildman–Crippen MR) is 54.3 cm³/mol. The van der Waals surface area contributed by atoms with Crippen LogP contribution in [0.1, 0.15) is 17.5 Å². The first-order valence-electron chi connectivity index (χ1n) is 5.05. The molecule has 0 aliphatic carbocycles. The van der Waals surface area contributed by atoms with E-state index in [-0.39, 0.29) is 6.10 Å². The zero-order valence-electron chi connectivity index (χ0n) is 8.77. The van der Waals surface area contributed by atoms with E-state index in [1.807, 2.05) is 19.4 Å². The summed E-state index contributed by atoms with van der Waals surface area (Å²) in [6, 6.07) is 0. The summed E-state index contributed by atoms with van der Waals surface area (Å²) in [5.41, 5.74) is 1.07. The Labute approximate surface area is 88.8 Å². The normalized spacial score (nSPS) is 21.5. The van der Waals surface area contributed by atoms with E-state index in [4.69, 9.17) is 9.47 Å². The van der Waals surface area contributed by atoms with Crippen LogP contribution in [0, 0.1) is 0 Å². The van der Waals surface area contributed by atoms with Crippen molar-refractivity contribution < 1.29 is 9.47 Å². The van der Waals surface area contributed by atoms with E-state index in [1.54, 1.807) is 0 Å². The average Bonchev–Trinajstić information content (AvgIpc) is 2.32. The van der Waals surface area contributed by atoms with Gasteiger partial charge in [0.15, 0.2) is 5.82 Å². The number of hydrogen-bond acceptors (Lipinski definition) is 5. The van der Waals surface area contributed by atoms with Gasteiger partial charge in [0, 0.05) is 24.5 Å². The molecule has 1 atom stereocenters. The van der Waals surface area contributed by atoms with Crippen molar-refractivity contribution in [1.82, 2.24) is 15.3 Å². The van der Waals surface area contributed by atoms with Crippen LogP contribution in [0.25, 0.3) is 0 Å². The summed E-state index contributed by atoms with van der Waals surface area (Å²) in [6.07, 6.45) is 3.52. The molecule has 1 saturated heterocycles. The van der Waals surface area contributed by atoms with Crippen molar-refractivity contribution in [3.8, 4) is 0 Å². The zero-order valence-corrected chi connectivity index (χ0v) is 8.77. The highest BCUT2D eigenvalue weighted by Crippen LogP contribution is 2.16. The van der Waals surface area contributed by atoms with Crippen LogP contribution in [0.5, 0.6) is 0 Å². The lowest BCUT2D eigenvalue weighted by molar-refractivity contribution is -0.0935. The van der Waals surface area contributed by atoms with Crippen LogP contribution in [0.3, 0.4) is 0 Å². The minimum absolute atomic E-state index is 0.109. The Kier molecular flexibility index (Phi) is 3.60. The molecule has 1 unspecified atom stereocenters. The number of aromatic nitrogens is 2. The van der Waals surface area contributed by atoms with E-state index < -0.39 is 0 Å². The minimum atomic E-state index is -0.109. The first kappa shape index (κ1) is 10.5. The largest absolute Gasteiger partial charge is 0.376 e. The third-order valence-electron chi connectivity index (χ3n) is 2.21. The van der Waals surface area contributed by atoms with Crippen molar-refractivity contribution in [1.29, 1.82) is 0 Å². The number of nitrogens with zero attached hydrogens (tertiary/aromatic N) is 2. The highest BCUT2D eigenvalue weighted by Gasteiger charge is 2.18. The van der Waals surface area contributed by atoms with Crippen molar-refractivity contribution in [3.63, 3.8) is 0 Å². The SMILES string of the molecule is CNCc1cnc(C2COCCO2)nc1. The highest BCUT2D eigenvalue weighted by atomic mass is 16.6. The molecule has 2 rings (SSSR count). The molecular weight excluding hydrogens is 194 g/mol. The Morgan fingerprint density at radius 3 is 2.80 bits per heavy atom. The molecular formula is C10H15N3O2. The monoisotopic (exact) mass is 209 g/mol. The van der Waals surface area contributed by atoms with Gasteiger partial charge in [-0.05, 0) is 7.05 Å². The van der Waals surface area contributed by atoms with Gasteiger partial charge in [0.05, 0.1) is 19.8 Å². The van der Waals surface area contributed by atoms with Gasteiger partial charge in [-0.2, -0.15) is 0 Å². The highest BCUT2D eigenvalue weighted by molar-refractivity contribution is 5.06. The number of ether oxygens (including phenoxy) is 2. The first-order valence-corrected chi connectivity index (χ1v) is 5.05. The van der Waals surface area contributed by atoms with E-state index in [0.717, 1.165) is 12.1 Å². The van der Waals surface area contributed by atoms with E-state index >= 15 is 0 Å². The van der Waals surface area contributed by atoms with Crippen LogP contribution in [-0.4, -0.2) is 36.8 Å². The van der Waals surface area contributed by atoms with Crippen molar-refractivity contribution in [2.75, 3.05) is 26.9 Å². The molecule has 1 aliphatic heterocycles. The molecule has 1 aromatic heterocycles. The van der Waals surface area contributed by atoms with Crippen molar-refractivity contribution in [3.05, 3.63) is 23.8 Å². The van der Waals surface area contributed by atoms with E-state index in [2.05, 4.69) is 15.3 Å². The molecule has 1 N–H and O–H groups in total. The second-order valence-electron chi connectivity index (χ2n) is 3.41. The Morgan fingerprint density at radius 2 is 2.20 bits per heavy atom. The molecule has 0 radical (unpaired) electrons. The van der Waals surface area contributed by atoms with E-state index in [1.165, 1.54) is 0 Å². The van der Waals surface area contributed by atoms with Gasteiger partial charge in [-0.25, -0.2) is 9.97 Å². The van der Waals surface area contributed by atoms with Crippen LogP contribution in [-0.2, 0) is 16.0 Å². The standard InChI is InChI=1S/C10H15N3O2/c1-11-4-8-5-12-10(13-6-8)9-7-14-2-3-15-9/h5-6,9,11H,2-4,7H2,1H3. The molecule has 2 heterocycles. The molecule has 1 aliphatic rings. The second kappa shape index (κ2) is 5.16. The van der Waals surface area contributed by atoms with Gasteiger partial charge in [0.25, 0.3) is 0 Å². The van der Waals surface area contributed by atoms with Gasteiger partial charge < -0.3 is 14.8 Å². The average molecular weight is 209 g/mol. The zero-order chi connectivity index (χ0) is 10.5. The third-order valence-corrected chi connectivity index (χ3v) is 2.21. The molecule has 0 amide bonds. The van der Waals surface area contributed by atoms with Crippen LogP contribution in [0.4, 0.5) is 0 Å². The maximum absolute atomic E-state index is 5.50. The van der Waals surface area contributed by atoms with Crippen LogP contribution >= 0.6 is 0 Å². The quantitative estimate of drug-likeness (QED) is 0.775. The second-order valence-corrected chi connectivity index (χ2v) is 3.41. The molecule has 0 aromatic carbocycles. The Balaban J connectivity index is 2.02. The van der Waals surface area contributed by atoms with Crippen molar-refractivity contribution >= 4 is 0 Å². The van der Waals surface area contributed by atoms with Gasteiger partial charge in [-0.1, -0.05) is 0 Å². The summed E-state index contributed by atoms with van der Waals surface area (Å²) in [4.78, 5) is 8.53. The van der Waals surface area contributed by atoms with Crippen LogP contribution in [0.15, 0.2) is 12.4 Å². The molecule has 5 heteroatoms. The van der Waals surface area contributed by atoms with Gasteiger partial charge >= 0.3 is 0 Å². The fourth-order valence-corrected chi connectivity index (χ4v) is 1.46. The predicted octanol–water partition coefficient (Wildman–Crippen LogP) is 0.284. The first-order chi connectivity index (χ1) is 7.40. The fraction of sp³-hybridized carbons (Fsp3) is 0.600. The smallest absolute Gasteiger partial charge is 0.159 e. The Morgan fingerprint density at radius 1 is 1.40 bits per heavy atom. The summed E-state index contributed by atoms with van der Waals surface area (Å²) in [6.45, 7) is 2.61. The lowest BCUT2D eigenvalue weighted by Crippen LogP contribution is -2.23. The molecule has 15 heavy (non-hydrogen) atoms. The molecule has 5 nitrogen and oxygen atoms in total. The number of rotatable bonds is 3. The van der Waals surface area contributed by atoms with Crippen molar-refractivity contribution in [2.24, 2.45) is 0 Å². The van der Waals surface area contributed by atoms with E-state index in [9.17, 15) is 0 Å². The summed E-state index contributed by atoms with van der Waals surface area (Å²) >= 11 is 0. The fourth-order valence-electron chi connectivity index (χ4n) is 1.46. The molecule has 1 aromatic rings. The molecule has 1 fully saturated rings. The third kappa shape index (κ3) is 2.71. The van der Waals surface area contributed by atoms with Gasteiger partial charge in [0.1, 0.15) is 6.10 Å². The molecule has 82 valence electrons. The van der Waals surface area contributed by atoms with Crippen molar-refractivity contribution in [2.45, 2.75) is 12.6 Å². The number of hydrogen-bond donors (Lipinski definition) is 1. The van der Waals surface area contributed by atoms with Gasteiger partial charge in [-0.3, -0.25) is 0 Å². The number of nitrogens with one attached hydrogen (secondary N) is 1. The van der Waals surface area contributed by atoms with Gasteiger partial charge in [-0.15, -0.1) is 0 Å². The summed E-state index contributed by atoms with van der Waals surface area (Å²) < 4.78 is 10.8. The molecule has 0 saturated carbocycles. The Bertz CT molecular complexity index is 296. The molecule has 0 bridgehead atoms. The summed E-state index contributed by atoms with van der Waals surface area (Å²) in [5, 5.41) is 3.05. The lowest BCUT2D eigenvalue weighted by atomic mass is 10.3. The van der Waals surface area contributed by atoms with Crippen LogP contribution in [0.2, 0.25) is 0 Å². The summed E-state index contributed by atoms with van der Waals surface area (Å²) in [7, 11) is 1.89. The van der Waals surface area contributed by atoms with Gasteiger partial charge in [0.2, 0.25) is 0 Å². The lowest BCUT2D eigenvalue weighted by Gasteiger charge is -2.21. The topological polar surface area (TPSA) is 56.3 Å². The van der Waals surface area contributed by atoms with Crippen LogP contribution < -0.4 is 5.32 Å². The maximum Gasteiger partial charge on any atom is 0.159 e. The Hall–Kier alpha value is -1.04. The molecule has 0 spiro atoms. The minimum Gasteiger partial charge on any atom is -0.376 e.